The summed E-state index contributed by atoms with van der Waals surface area (Å²) in [5, 5.41) is 5.43. The van der Waals surface area contributed by atoms with E-state index < -0.39 is 0 Å². The molecule has 0 spiro atoms. The van der Waals surface area contributed by atoms with Gasteiger partial charge in [-0.1, -0.05) is 30.1 Å². The van der Waals surface area contributed by atoms with E-state index in [2.05, 4.69) is 27.2 Å². The van der Waals surface area contributed by atoms with Crippen molar-refractivity contribution < 1.29 is 0 Å². The highest BCUT2D eigenvalue weighted by molar-refractivity contribution is 7.99. The maximum Gasteiger partial charge on any atom is 0.194 e. The molecule has 2 aromatic rings. The van der Waals surface area contributed by atoms with E-state index in [0.29, 0.717) is 26.0 Å². The van der Waals surface area contributed by atoms with Gasteiger partial charge >= 0.3 is 0 Å². The lowest BCUT2D eigenvalue weighted by Crippen LogP contribution is -2.03. The van der Waals surface area contributed by atoms with Crippen molar-refractivity contribution in [1.82, 2.24) is 15.0 Å². The van der Waals surface area contributed by atoms with Gasteiger partial charge in [0.25, 0.3) is 0 Å². The predicted molar refractivity (Wildman–Crippen MR) is 83.9 cm³/mol. The summed E-state index contributed by atoms with van der Waals surface area (Å²) in [5.41, 5.74) is 0.900. The van der Waals surface area contributed by atoms with Gasteiger partial charge in [-0.05, 0) is 37.2 Å². The molecule has 0 saturated heterocycles. The second kappa shape index (κ2) is 7.11. The predicted octanol–water partition coefficient (Wildman–Crippen LogP) is 4.46. The van der Waals surface area contributed by atoms with Crippen LogP contribution in [0.3, 0.4) is 0 Å². The number of nitrogens with one attached hydrogen (secondary N) is 1. The van der Waals surface area contributed by atoms with Crippen molar-refractivity contribution in [3.05, 3.63) is 34.1 Å². The summed E-state index contributed by atoms with van der Waals surface area (Å²) >= 11 is 13.6. The first kappa shape index (κ1) is 15.4. The van der Waals surface area contributed by atoms with Crippen LogP contribution in [0.1, 0.15) is 19.0 Å². The summed E-state index contributed by atoms with van der Waals surface area (Å²) in [5.74, 6) is 0.632. The molecule has 0 aliphatic heterocycles. The average molecular weight is 329 g/mol. The second-order valence-corrected chi connectivity index (χ2v) is 5.89. The smallest absolute Gasteiger partial charge is 0.194 e. The maximum absolute atomic E-state index is 6.17. The molecule has 0 saturated carbocycles. The molecule has 0 amide bonds. The van der Waals surface area contributed by atoms with Crippen LogP contribution in [-0.4, -0.2) is 21.5 Å². The number of pyridine rings is 1. The second-order valence-electron chi connectivity index (χ2n) is 4.12. The van der Waals surface area contributed by atoms with Crippen LogP contribution in [0.25, 0.3) is 0 Å². The number of aryl methyl sites for hydroxylation is 1. The summed E-state index contributed by atoms with van der Waals surface area (Å²) in [6, 6.07) is 3.53. The summed E-state index contributed by atoms with van der Waals surface area (Å²) in [6.07, 6.45) is 2.70. The van der Waals surface area contributed by atoms with Gasteiger partial charge in [0.1, 0.15) is 10.8 Å². The van der Waals surface area contributed by atoms with Gasteiger partial charge < -0.3 is 5.32 Å². The molecule has 0 fully saturated rings. The zero-order valence-corrected chi connectivity index (χ0v) is 13.5. The Morgan fingerprint density at radius 1 is 1.25 bits per heavy atom. The molecule has 4 nitrogen and oxygen atoms in total. The number of rotatable bonds is 5. The molecule has 2 rings (SSSR count). The topological polar surface area (TPSA) is 50.7 Å². The SMILES string of the molecule is CCCNc1nc(Sc2nccc(C)n2)c(Cl)cc1Cl. The lowest BCUT2D eigenvalue weighted by molar-refractivity contribution is 0.925. The van der Waals surface area contributed by atoms with Crippen LogP contribution >= 0.6 is 35.0 Å². The van der Waals surface area contributed by atoms with Gasteiger partial charge in [0.05, 0.1) is 10.0 Å². The normalized spacial score (nSPS) is 10.6. The molecular weight excluding hydrogens is 315 g/mol. The maximum atomic E-state index is 6.17. The highest BCUT2D eigenvalue weighted by Gasteiger charge is 2.12. The Morgan fingerprint density at radius 3 is 2.75 bits per heavy atom. The molecule has 2 aromatic heterocycles. The fraction of sp³-hybridized carbons (Fsp3) is 0.308. The molecule has 106 valence electrons. The molecule has 7 heteroatoms. The summed E-state index contributed by atoms with van der Waals surface area (Å²) in [4.78, 5) is 13.0. The number of anilines is 1. The molecule has 0 unspecified atom stereocenters. The molecule has 0 bridgehead atoms. The van der Waals surface area contributed by atoms with Crippen molar-refractivity contribution in [2.24, 2.45) is 0 Å². The monoisotopic (exact) mass is 328 g/mol. The highest BCUT2D eigenvalue weighted by Crippen LogP contribution is 2.34. The van der Waals surface area contributed by atoms with Crippen LogP contribution < -0.4 is 5.32 Å². The number of nitrogens with zero attached hydrogens (tertiary/aromatic N) is 3. The van der Waals surface area contributed by atoms with E-state index in [1.165, 1.54) is 11.8 Å². The molecule has 0 aromatic carbocycles. The van der Waals surface area contributed by atoms with Crippen molar-refractivity contribution in [2.75, 3.05) is 11.9 Å². The van der Waals surface area contributed by atoms with E-state index in [0.717, 1.165) is 18.7 Å². The molecular formula is C13H14Cl2N4S. The highest BCUT2D eigenvalue weighted by atomic mass is 35.5. The van der Waals surface area contributed by atoms with Gasteiger partial charge in [-0.2, -0.15) is 0 Å². The Labute approximate surface area is 132 Å². The van der Waals surface area contributed by atoms with E-state index in [1.807, 2.05) is 13.0 Å². The van der Waals surface area contributed by atoms with Gasteiger partial charge in [0.15, 0.2) is 5.16 Å². The number of aromatic nitrogens is 3. The summed E-state index contributed by atoms with van der Waals surface area (Å²) in [7, 11) is 0. The lowest BCUT2D eigenvalue weighted by atomic mass is 10.4. The third kappa shape index (κ3) is 3.98. The number of hydrogen-bond donors (Lipinski definition) is 1. The Morgan fingerprint density at radius 2 is 2.05 bits per heavy atom. The third-order valence-electron chi connectivity index (χ3n) is 2.40. The van der Waals surface area contributed by atoms with E-state index in [4.69, 9.17) is 23.2 Å². The average Bonchev–Trinajstić information content (AvgIpc) is 2.40. The van der Waals surface area contributed by atoms with Crippen LogP contribution in [0.15, 0.2) is 28.5 Å². The first-order valence-corrected chi connectivity index (χ1v) is 7.74. The molecule has 0 radical (unpaired) electrons. The zero-order chi connectivity index (χ0) is 14.5. The first-order chi connectivity index (χ1) is 9.60. The molecule has 0 atom stereocenters. The van der Waals surface area contributed by atoms with Crippen LogP contribution in [0.5, 0.6) is 0 Å². The standard InChI is InChI=1S/C13H14Cl2N4S/c1-3-5-16-11-9(14)7-10(15)12(19-11)20-13-17-6-4-8(2)18-13/h4,6-7H,3,5H2,1-2H3,(H,16,19). The van der Waals surface area contributed by atoms with Crippen LogP contribution in [0.2, 0.25) is 10.0 Å². The lowest BCUT2D eigenvalue weighted by Gasteiger charge is -2.09. The molecule has 0 aliphatic rings. The van der Waals surface area contributed by atoms with Crippen LogP contribution in [-0.2, 0) is 0 Å². The minimum absolute atomic E-state index is 0.493. The summed E-state index contributed by atoms with van der Waals surface area (Å²) < 4.78 is 0. The van der Waals surface area contributed by atoms with Crippen molar-refractivity contribution >= 4 is 40.8 Å². The van der Waals surface area contributed by atoms with Gasteiger partial charge in [0.2, 0.25) is 0 Å². The van der Waals surface area contributed by atoms with Gasteiger partial charge in [-0.25, -0.2) is 15.0 Å². The quantitative estimate of drug-likeness (QED) is 0.821. The van der Waals surface area contributed by atoms with Gasteiger partial charge in [0, 0.05) is 18.4 Å². The van der Waals surface area contributed by atoms with Gasteiger partial charge in [-0.3, -0.25) is 0 Å². The number of hydrogen-bond acceptors (Lipinski definition) is 5. The minimum Gasteiger partial charge on any atom is -0.369 e. The fourth-order valence-corrected chi connectivity index (χ4v) is 2.76. The molecule has 2 heterocycles. The van der Waals surface area contributed by atoms with E-state index in [-0.39, 0.29) is 0 Å². The van der Waals surface area contributed by atoms with E-state index in [9.17, 15) is 0 Å². The minimum atomic E-state index is 0.493. The Bertz CT molecular complexity index is 607. The van der Waals surface area contributed by atoms with E-state index in [1.54, 1.807) is 12.3 Å². The molecule has 0 aliphatic carbocycles. The van der Waals surface area contributed by atoms with Crippen LogP contribution in [0.4, 0.5) is 5.82 Å². The Kier molecular flexibility index (Phi) is 5.46. The third-order valence-corrected chi connectivity index (χ3v) is 3.97. The van der Waals surface area contributed by atoms with Crippen molar-refractivity contribution in [3.63, 3.8) is 0 Å². The zero-order valence-electron chi connectivity index (χ0n) is 11.2. The fourth-order valence-electron chi connectivity index (χ4n) is 1.45. The largest absolute Gasteiger partial charge is 0.369 e. The van der Waals surface area contributed by atoms with Crippen molar-refractivity contribution in [1.29, 1.82) is 0 Å². The van der Waals surface area contributed by atoms with Gasteiger partial charge in [-0.15, -0.1) is 0 Å². The van der Waals surface area contributed by atoms with Crippen molar-refractivity contribution in [2.45, 2.75) is 30.5 Å². The van der Waals surface area contributed by atoms with Crippen molar-refractivity contribution in [3.8, 4) is 0 Å². The summed E-state index contributed by atoms with van der Waals surface area (Å²) in [6.45, 7) is 4.79. The Balaban J connectivity index is 2.26. The Hall–Kier alpha value is -1.04. The first-order valence-electron chi connectivity index (χ1n) is 6.17. The van der Waals surface area contributed by atoms with Crippen LogP contribution in [0, 0.1) is 6.92 Å². The number of halogens is 2. The molecule has 1 N–H and O–H groups in total. The molecule has 20 heavy (non-hydrogen) atoms. The van der Waals surface area contributed by atoms with E-state index >= 15 is 0 Å².